The highest BCUT2D eigenvalue weighted by molar-refractivity contribution is 7.10. The van der Waals surface area contributed by atoms with E-state index in [1.807, 2.05) is 4.90 Å². The molecule has 0 bridgehead atoms. The summed E-state index contributed by atoms with van der Waals surface area (Å²) < 4.78 is 0. The number of hydrogen-bond donors (Lipinski definition) is 2. The van der Waals surface area contributed by atoms with Crippen LogP contribution >= 0.6 is 22.7 Å². The van der Waals surface area contributed by atoms with Crippen LogP contribution in [0.15, 0.2) is 34.0 Å². The molecule has 1 amide bonds. The monoisotopic (exact) mass is 390 g/mol. The molecule has 0 fully saturated rings. The molecule has 140 valence electrons. The largest absolute Gasteiger partial charge is 0.356 e. The Bertz CT molecular complexity index is 739. The Balaban J connectivity index is 1.38. The topological polar surface area (TPSA) is 56.7 Å². The molecular formula is C19H26N4OS2. The van der Waals surface area contributed by atoms with Crippen LogP contribution in [-0.4, -0.2) is 43.4 Å². The Morgan fingerprint density at radius 2 is 2.19 bits per heavy atom. The second-order valence-electron chi connectivity index (χ2n) is 6.48. The lowest BCUT2D eigenvalue weighted by Crippen LogP contribution is -2.41. The van der Waals surface area contributed by atoms with E-state index in [-0.39, 0.29) is 5.91 Å². The van der Waals surface area contributed by atoms with Crippen LogP contribution < -0.4 is 10.6 Å². The number of carbonyl (C=O) groups is 1. The molecule has 1 aliphatic heterocycles. The molecule has 0 spiro atoms. The van der Waals surface area contributed by atoms with Crippen molar-refractivity contribution in [1.29, 1.82) is 0 Å². The summed E-state index contributed by atoms with van der Waals surface area (Å²) in [5.74, 6) is 1.39. The molecule has 0 aromatic carbocycles. The number of hydrogen-bond acceptors (Lipinski definition) is 4. The van der Waals surface area contributed by atoms with Crippen LogP contribution in [0.25, 0.3) is 0 Å². The summed E-state index contributed by atoms with van der Waals surface area (Å²) in [6.45, 7) is 5.20. The van der Waals surface area contributed by atoms with E-state index >= 15 is 0 Å². The minimum Gasteiger partial charge on any atom is -0.356 e. The van der Waals surface area contributed by atoms with Gasteiger partial charge in [-0.1, -0.05) is 13.0 Å². The number of thiophene rings is 2. The van der Waals surface area contributed by atoms with Crippen molar-refractivity contribution in [1.82, 2.24) is 15.5 Å². The second kappa shape index (κ2) is 9.19. The van der Waals surface area contributed by atoms with Crippen LogP contribution in [0.3, 0.4) is 0 Å². The molecule has 1 atom stereocenters. The van der Waals surface area contributed by atoms with Crippen molar-refractivity contribution in [3.05, 3.63) is 44.3 Å². The fourth-order valence-corrected chi connectivity index (χ4v) is 4.73. The number of aliphatic imine (C=N–C) groups is 1. The summed E-state index contributed by atoms with van der Waals surface area (Å²) >= 11 is 3.57. The van der Waals surface area contributed by atoms with Crippen molar-refractivity contribution in [3.63, 3.8) is 0 Å². The van der Waals surface area contributed by atoms with Crippen LogP contribution in [0.5, 0.6) is 0 Å². The maximum absolute atomic E-state index is 12.5. The van der Waals surface area contributed by atoms with Crippen molar-refractivity contribution in [3.8, 4) is 0 Å². The van der Waals surface area contributed by atoms with Gasteiger partial charge in [0.05, 0.1) is 0 Å². The first kappa shape index (κ1) is 18.9. The average molecular weight is 391 g/mol. The van der Waals surface area contributed by atoms with Crippen LogP contribution in [-0.2, 0) is 17.8 Å². The van der Waals surface area contributed by atoms with Gasteiger partial charge in [-0.2, -0.15) is 0 Å². The predicted molar refractivity (Wildman–Crippen MR) is 110 cm³/mol. The van der Waals surface area contributed by atoms with Crippen molar-refractivity contribution < 1.29 is 4.79 Å². The number of guanidine groups is 1. The Morgan fingerprint density at radius 1 is 1.31 bits per heavy atom. The SMILES string of the molecule is CN=C(NCCC(=O)N1CCc2sccc2C1)NCC(C)c1cccs1. The third-order valence-electron chi connectivity index (χ3n) is 4.62. The first-order chi connectivity index (χ1) is 12.7. The van der Waals surface area contributed by atoms with Crippen molar-refractivity contribution in [2.45, 2.75) is 32.2 Å². The molecule has 2 aromatic heterocycles. The quantitative estimate of drug-likeness (QED) is 0.589. The molecule has 5 nitrogen and oxygen atoms in total. The number of amides is 1. The summed E-state index contributed by atoms with van der Waals surface area (Å²) in [4.78, 5) is 21.5. The minimum atomic E-state index is 0.205. The zero-order valence-corrected chi connectivity index (χ0v) is 17.0. The van der Waals surface area contributed by atoms with Gasteiger partial charge < -0.3 is 15.5 Å². The van der Waals surface area contributed by atoms with E-state index in [9.17, 15) is 4.79 Å². The molecule has 7 heteroatoms. The number of nitrogens with one attached hydrogen (secondary N) is 2. The van der Waals surface area contributed by atoms with E-state index in [0.29, 0.717) is 18.9 Å². The minimum absolute atomic E-state index is 0.205. The molecular weight excluding hydrogens is 364 g/mol. The Morgan fingerprint density at radius 3 is 2.96 bits per heavy atom. The highest BCUT2D eigenvalue weighted by Gasteiger charge is 2.21. The second-order valence-corrected chi connectivity index (χ2v) is 8.46. The number of carbonyl (C=O) groups excluding carboxylic acids is 1. The summed E-state index contributed by atoms with van der Waals surface area (Å²) in [6.07, 6.45) is 1.47. The lowest BCUT2D eigenvalue weighted by atomic mass is 10.1. The van der Waals surface area contributed by atoms with E-state index in [2.05, 4.69) is 51.5 Å². The molecule has 1 unspecified atom stereocenters. The van der Waals surface area contributed by atoms with Gasteiger partial charge in [0.1, 0.15) is 0 Å². The van der Waals surface area contributed by atoms with Gasteiger partial charge in [-0.05, 0) is 34.9 Å². The summed E-state index contributed by atoms with van der Waals surface area (Å²) in [7, 11) is 1.76. The van der Waals surface area contributed by atoms with Crippen LogP contribution in [0.1, 0.15) is 34.6 Å². The summed E-state index contributed by atoms with van der Waals surface area (Å²) in [5, 5.41) is 10.8. The zero-order valence-electron chi connectivity index (χ0n) is 15.3. The van der Waals surface area contributed by atoms with Crippen molar-refractivity contribution >= 4 is 34.5 Å². The summed E-state index contributed by atoms with van der Waals surface area (Å²) in [5.41, 5.74) is 1.31. The average Bonchev–Trinajstić information content (AvgIpc) is 3.35. The maximum Gasteiger partial charge on any atom is 0.224 e. The van der Waals surface area contributed by atoms with E-state index < -0.39 is 0 Å². The molecule has 0 radical (unpaired) electrons. The van der Waals surface area contributed by atoms with Gasteiger partial charge >= 0.3 is 0 Å². The van der Waals surface area contributed by atoms with Crippen LogP contribution in [0.4, 0.5) is 0 Å². The molecule has 3 heterocycles. The van der Waals surface area contributed by atoms with E-state index in [4.69, 9.17) is 0 Å². The zero-order chi connectivity index (χ0) is 18.4. The van der Waals surface area contributed by atoms with Gasteiger partial charge in [-0.15, -0.1) is 22.7 Å². The maximum atomic E-state index is 12.5. The lowest BCUT2D eigenvalue weighted by molar-refractivity contribution is -0.131. The fraction of sp³-hybridized carbons (Fsp3) is 0.474. The highest BCUT2D eigenvalue weighted by Crippen LogP contribution is 2.24. The van der Waals surface area contributed by atoms with E-state index in [1.165, 1.54) is 15.3 Å². The Labute approximate surface area is 163 Å². The first-order valence-electron chi connectivity index (χ1n) is 8.98. The third kappa shape index (κ3) is 4.86. The molecule has 2 aromatic rings. The van der Waals surface area contributed by atoms with Gasteiger partial charge in [-0.3, -0.25) is 9.79 Å². The fourth-order valence-electron chi connectivity index (χ4n) is 3.05. The summed E-state index contributed by atoms with van der Waals surface area (Å²) in [6, 6.07) is 6.37. The normalized spacial score (nSPS) is 15.5. The molecule has 0 saturated carbocycles. The van der Waals surface area contributed by atoms with Gasteiger partial charge in [0.25, 0.3) is 0 Å². The first-order valence-corrected chi connectivity index (χ1v) is 10.7. The van der Waals surface area contributed by atoms with E-state index in [0.717, 1.165) is 32.0 Å². The molecule has 2 N–H and O–H groups in total. The van der Waals surface area contributed by atoms with E-state index in [1.54, 1.807) is 29.7 Å². The predicted octanol–water partition coefficient (Wildman–Crippen LogP) is 3.05. The van der Waals surface area contributed by atoms with Crippen LogP contribution in [0.2, 0.25) is 0 Å². The van der Waals surface area contributed by atoms with Crippen molar-refractivity contribution in [2.24, 2.45) is 4.99 Å². The molecule has 3 rings (SSSR count). The van der Waals surface area contributed by atoms with Crippen LogP contribution in [0, 0.1) is 0 Å². The molecule has 0 aliphatic carbocycles. The molecule has 1 aliphatic rings. The smallest absolute Gasteiger partial charge is 0.224 e. The lowest BCUT2D eigenvalue weighted by Gasteiger charge is -2.27. The van der Waals surface area contributed by atoms with Gasteiger partial charge in [0, 0.05) is 55.3 Å². The standard InChI is InChI=1S/C19H26N4OS2/c1-14(16-4-3-10-25-16)12-22-19(20-2)21-8-5-18(24)23-9-6-17-15(13-23)7-11-26-17/h3-4,7,10-11,14H,5-6,8-9,12-13H2,1-2H3,(H2,20,21,22). The number of rotatable bonds is 6. The Hall–Kier alpha value is -1.86. The Kier molecular flexibility index (Phi) is 6.68. The number of fused-ring (bicyclic) bond motifs is 1. The number of nitrogens with zero attached hydrogens (tertiary/aromatic N) is 2. The van der Waals surface area contributed by atoms with Gasteiger partial charge in [0.15, 0.2) is 5.96 Å². The van der Waals surface area contributed by atoms with Gasteiger partial charge in [-0.25, -0.2) is 0 Å². The van der Waals surface area contributed by atoms with Crippen molar-refractivity contribution in [2.75, 3.05) is 26.7 Å². The molecule has 26 heavy (non-hydrogen) atoms. The molecule has 0 saturated heterocycles. The third-order valence-corrected chi connectivity index (χ3v) is 6.75. The van der Waals surface area contributed by atoms with Gasteiger partial charge in [0.2, 0.25) is 5.91 Å². The highest BCUT2D eigenvalue weighted by atomic mass is 32.1.